The molecular formula is C16H11ClFIN6. The highest BCUT2D eigenvalue weighted by Gasteiger charge is 2.19. The molecule has 0 aliphatic carbocycles. The Morgan fingerprint density at radius 3 is 2.80 bits per heavy atom. The van der Waals surface area contributed by atoms with Crippen molar-refractivity contribution in [3.63, 3.8) is 0 Å². The Morgan fingerprint density at radius 1 is 1.20 bits per heavy atom. The van der Waals surface area contributed by atoms with Crippen LogP contribution in [-0.2, 0) is 0 Å². The number of rotatable bonds is 3. The van der Waals surface area contributed by atoms with Gasteiger partial charge in [-0.1, -0.05) is 28.9 Å². The van der Waals surface area contributed by atoms with E-state index in [2.05, 4.69) is 42.9 Å². The Morgan fingerprint density at radius 2 is 2.00 bits per heavy atom. The van der Waals surface area contributed by atoms with E-state index in [1.807, 2.05) is 17.7 Å². The van der Waals surface area contributed by atoms with E-state index >= 15 is 0 Å². The Labute approximate surface area is 160 Å². The Hall–Kier alpha value is -2.07. The highest BCUT2D eigenvalue weighted by atomic mass is 127. The molecule has 0 aliphatic rings. The quantitative estimate of drug-likeness (QED) is 0.337. The van der Waals surface area contributed by atoms with Crippen molar-refractivity contribution in [3.05, 3.63) is 63.2 Å². The van der Waals surface area contributed by atoms with Crippen molar-refractivity contribution < 1.29 is 4.39 Å². The van der Waals surface area contributed by atoms with Crippen molar-refractivity contribution in [1.29, 1.82) is 0 Å². The van der Waals surface area contributed by atoms with Crippen LogP contribution in [0, 0.1) is 9.39 Å². The van der Waals surface area contributed by atoms with Gasteiger partial charge in [0.15, 0.2) is 0 Å². The highest BCUT2D eigenvalue weighted by molar-refractivity contribution is 14.1. The van der Waals surface area contributed by atoms with E-state index in [1.165, 1.54) is 17.1 Å². The second-order valence-electron chi connectivity index (χ2n) is 5.46. The standard InChI is InChI=1S/C16H11ClFIN6/c1-9(24-6-11(19)14-15(17)20-8-21-16(14)24)12-7-25(23-22-12)13-5-3-2-4-10(13)18/h2-9H,1H3. The van der Waals surface area contributed by atoms with Gasteiger partial charge in [-0.15, -0.1) is 5.10 Å². The molecule has 6 nitrogen and oxygen atoms in total. The number of hydrogen-bond donors (Lipinski definition) is 0. The summed E-state index contributed by atoms with van der Waals surface area (Å²) >= 11 is 8.38. The first kappa shape index (κ1) is 16.4. The van der Waals surface area contributed by atoms with Crippen LogP contribution in [0.1, 0.15) is 18.7 Å². The monoisotopic (exact) mass is 468 g/mol. The molecule has 0 radical (unpaired) electrons. The van der Waals surface area contributed by atoms with Gasteiger partial charge >= 0.3 is 0 Å². The first-order chi connectivity index (χ1) is 12.1. The van der Waals surface area contributed by atoms with Gasteiger partial charge in [0.25, 0.3) is 0 Å². The maximum atomic E-state index is 13.9. The lowest BCUT2D eigenvalue weighted by atomic mass is 10.2. The number of aromatic nitrogens is 6. The highest BCUT2D eigenvalue weighted by Crippen LogP contribution is 2.30. The van der Waals surface area contributed by atoms with Crippen LogP contribution < -0.4 is 0 Å². The summed E-state index contributed by atoms with van der Waals surface area (Å²) in [5.74, 6) is -0.355. The van der Waals surface area contributed by atoms with Crippen LogP contribution in [-0.4, -0.2) is 29.5 Å². The average Bonchev–Trinajstić information content (AvgIpc) is 3.21. The molecule has 126 valence electrons. The SMILES string of the molecule is CC(c1cn(-c2ccccc2F)nn1)n1cc(I)c2c(Cl)ncnc21. The van der Waals surface area contributed by atoms with Gasteiger partial charge in [-0.2, -0.15) is 0 Å². The lowest BCUT2D eigenvalue weighted by Crippen LogP contribution is -2.07. The molecule has 1 atom stereocenters. The van der Waals surface area contributed by atoms with Crippen LogP contribution in [0.3, 0.4) is 0 Å². The first-order valence-electron chi connectivity index (χ1n) is 7.40. The molecule has 0 N–H and O–H groups in total. The molecule has 4 rings (SSSR count). The fourth-order valence-corrected chi connectivity index (χ4v) is 3.85. The fraction of sp³-hybridized carbons (Fsp3) is 0.125. The van der Waals surface area contributed by atoms with Crippen molar-refractivity contribution in [1.82, 2.24) is 29.5 Å². The average molecular weight is 469 g/mol. The first-order valence-corrected chi connectivity index (χ1v) is 8.85. The van der Waals surface area contributed by atoms with Gasteiger partial charge < -0.3 is 4.57 Å². The summed E-state index contributed by atoms with van der Waals surface area (Å²) in [4.78, 5) is 8.37. The summed E-state index contributed by atoms with van der Waals surface area (Å²) in [5.41, 5.74) is 1.76. The van der Waals surface area contributed by atoms with Crippen molar-refractivity contribution in [3.8, 4) is 5.69 Å². The number of benzene rings is 1. The van der Waals surface area contributed by atoms with Gasteiger partial charge in [0.2, 0.25) is 0 Å². The molecule has 1 unspecified atom stereocenters. The van der Waals surface area contributed by atoms with E-state index in [-0.39, 0.29) is 11.9 Å². The van der Waals surface area contributed by atoms with E-state index in [0.29, 0.717) is 16.5 Å². The number of halogens is 3. The zero-order chi connectivity index (χ0) is 17.6. The van der Waals surface area contributed by atoms with E-state index in [0.717, 1.165) is 14.6 Å². The van der Waals surface area contributed by atoms with E-state index < -0.39 is 0 Å². The van der Waals surface area contributed by atoms with Crippen LogP contribution in [0.15, 0.2) is 43.0 Å². The minimum Gasteiger partial charge on any atom is -0.322 e. The Kier molecular flexibility index (Phi) is 4.16. The van der Waals surface area contributed by atoms with Crippen LogP contribution in [0.4, 0.5) is 4.39 Å². The van der Waals surface area contributed by atoms with Crippen LogP contribution in [0.25, 0.3) is 16.7 Å². The van der Waals surface area contributed by atoms with Crippen molar-refractivity contribution in [2.24, 2.45) is 0 Å². The lowest BCUT2D eigenvalue weighted by molar-refractivity contribution is 0.607. The number of fused-ring (bicyclic) bond motifs is 1. The largest absolute Gasteiger partial charge is 0.322 e. The van der Waals surface area contributed by atoms with Gasteiger partial charge in [0.1, 0.15) is 34.3 Å². The minimum absolute atomic E-state index is 0.155. The molecule has 0 amide bonds. The zero-order valence-corrected chi connectivity index (χ0v) is 15.8. The van der Waals surface area contributed by atoms with Gasteiger partial charge in [0.05, 0.1) is 17.6 Å². The predicted octanol–water partition coefficient (Wildman–Crippen LogP) is 4.02. The third-order valence-electron chi connectivity index (χ3n) is 3.97. The predicted molar refractivity (Wildman–Crippen MR) is 100 cm³/mol. The summed E-state index contributed by atoms with van der Waals surface area (Å²) in [7, 11) is 0. The molecule has 25 heavy (non-hydrogen) atoms. The number of para-hydroxylation sites is 1. The summed E-state index contributed by atoms with van der Waals surface area (Å²) in [6.07, 6.45) is 5.09. The van der Waals surface area contributed by atoms with Gasteiger partial charge in [0, 0.05) is 9.77 Å². The Bertz CT molecular complexity index is 1080. The molecule has 0 fully saturated rings. The zero-order valence-electron chi connectivity index (χ0n) is 12.9. The minimum atomic E-state index is -0.355. The third kappa shape index (κ3) is 2.78. The van der Waals surface area contributed by atoms with Crippen LogP contribution in [0.5, 0.6) is 0 Å². The summed E-state index contributed by atoms with van der Waals surface area (Å²) in [6, 6.07) is 6.28. The van der Waals surface area contributed by atoms with E-state index in [1.54, 1.807) is 24.4 Å². The molecule has 0 saturated carbocycles. The maximum absolute atomic E-state index is 13.9. The number of hydrogen-bond acceptors (Lipinski definition) is 4. The van der Waals surface area contributed by atoms with Gasteiger partial charge in [-0.25, -0.2) is 19.0 Å². The summed E-state index contributed by atoms with van der Waals surface area (Å²) in [5, 5.41) is 9.46. The summed E-state index contributed by atoms with van der Waals surface area (Å²) < 4.78 is 18.3. The molecule has 3 aromatic heterocycles. The second kappa shape index (κ2) is 6.34. The van der Waals surface area contributed by atoms with Crippen molar-refractivity contribution in [2.75, 3.05) is 0 Å². The smallest absolute Gasteiger partial charge is 0.148 e. The topological polar surface area (TPSA) is 61.4 Å². The molecule has 3 heterocycles. The van der Waals surface area contributed by atoms with E-state index in [9.17, 15) is 4.39 Å². The van der Waals surface area contributed by atoms with Gasteiger partial charge in [-0.05, 0) is 41.6 Å². The molecule has 9 heteroatoms. The normalized spacial score (nSPS) is 12.6. The second-order valence-corrected chi connectivity index (χ2v) is 6.98. The molecular weight excluding hydrogens is 458 g/mol. The van der Waals surface area contributed by atoms with Gasteiger partial charge in [-0.3, -0.25) is 0 Å². The third-order valence-corrected chi connectivity index (χ3v) is 5.08. The molecule has 0 aliphatic heterocycles. The van der Waals surface area contributed by atoms with Crippen molar-refractivity contribution >= 4 is 45.2 Å². The fourth-order valence-electron chi connectivity index (χ4n) is 2.67. The number of nitrogens with zero attached hydrogens (tertiary/aromatic N) is 6. The molecule has 0 spiro atoms. The molecule has 4 aromatic rings. The molecule has 0 saturated heterocycles. The van der Waals surface area contributed by atoms with E-state index in [4.69, 9.17) is 11.6 Å². The van der Waals surface area contributed by atoms with Crippen LogP contribution in [0.2, 0.25) is 5.15 Å². The Balaban J connectivity index is 1.77. The molecule has 1 aromatic carbocycles. The summed E-state index contributed by atoms with van der Waals surface area (Å²) in [6.45, 7) is 1.97. The van der Waals surface area contributed by atoms with Crippen LogP contribution >= 0.6 is 34.2 Å². The molecule has 0 bridgehead atoms. The lowest BCUT2D eigenvalue weighted by Gasteiger charge is -2.11. The van der Waals surface area contributed by atoms with Crippen molar-refractivity contribution in [2.45, 2.75) is 13.0 Å². The maximum Gasteiger partial charge on any atom is 0.148 e.